The highest BCUT2D eigenvalue weighted by atomic mass is 32.1. The Hall–Kier alpha value is -0.740. The fourth-order valence-electron chi connectivity index (χ4n) is 2.45. The van der Waals surface area contributed by atoms with Gasteiger partial charge in [0.2, 0.25) is 0 Å². The lowest BCUT2D eigenvalue weighted by atomic mass is 10.0. The van der Waals surface area contributed by atoms with Gasteiger partial charge in [0.05, 0.1) is 0 Å². The van der Waals surface area contributed by atoms with Gasteiger partial charge in [-0.2, -0.15) is 0 Å². The number of hydrogen-bond acceptors (Lipinski definition) is 3. The maximum absolute atomic E-state index is 5.82. The van der Waals surface area contributed by atoms with Gasteiger partial charge in [-0.05, 0) is 38.5 Å². The average Bonchev–Trinajstić information content (AvgIpc) is 3.07. The van der Waals surface area contributed by atoms with Crippen LogP contribution in [0.25, 0.3) is 0 Å². The van der Waals surface area contributed by atoms with E-state index in [4.69, 9.17) is 17.0 Å². The van der Waals surface area contributed by atoms with Crippen molar-refractivity contribution in [3.8, 4) is 0 Å². The van der Waals surface area contributed by atoms with Crippen molar-refractivity contribution in [3.63, 3.8) is 0 Å². The van der Waals surface area contributed by atoms with E-state index >= 15 is 0 Å². The standard InChI is InChI=1S/C14H22N2OS/c1-5-17-12(10-6-7-10)13-15-9(4)11(8(2)3)14(18)16-13/h8,10,12H,5-7H2,1-4H3,(H,15,16,18). The number of aromatic amines is 1. The van der Waals surface area contributed by atoms with E-state index < -0.39 is 0 Å². The minimum Gasteiger partial charge on any atom is -0.370 e. The van der Waals surface area contributed by atoms with Gasteiger partial charge < -0.3 is 9.72 Å². The van der Waals surface area contributed by atoms with Gasteiger partial charge in [-0.25, -0.2) is 4.98 Å². The lowest BCUT2D eigenvalue weighted by Crippen LogP contribution is -2.13. The number of aryl methyl sites for hydroxylation is 1. The second-order valence-corrected chi connectivity index (χ2v) is 5.72. The van der Waals surface area contributed by atoms with E-state index in [0.717, 1.165) is 21.7 Å². The summed E-state index contributed by atoms with van der Waals surface area (Å²) in [6.07, 6.45) is 2.56. The molecule has 0 aromatic carbocycles. The van der Waals surface area contributed by atoms with Crippen LogP contribution < -0.4 is 0 Å². The van der Waals surface area contributed by atoms with Gasteiger partial charge in [0.1, 0.15) is 16.6 Å². The molecule has 0 aliphatic heterocycles. The molecule has 1 fully saturated rings. The monoisotopic (exact) mass is 266 g/mol. The van der Waals surface area contributed by atoms with Gasteiger partial charge in [0.15, 0.2) is 0 Å². The third-order valence-corrected chi connectivity index (χ3v) is 3.73. The third-order valence-electron chi connectivity index (χ3n) is 3.42. The molecule has 1 saturated carbocycles. The SMILES string of the molecule is CCOC(c1nc(=S)c(C(C)C)c(C)[nH]1)C1CC1. The molecule has 4 heteroatoms. The summed E-state index contributed by atoms with van der Waals surface area (Å²) in [6, 6.07) is 0. The van der Waals surface area contributed by atoms with Crippen molar-refractivity contribution >= 4 is 12.2 Å². The molecule has 2 rings (SSSR count). The maximum Gasteiger partial charge on any atom is 0.137 e. The zero-order chi connectivity index (χ0) is 13.3. The Balaban J connectivity index is 2.37. The molecule has 1 N–H and O–H groups in total. The molecule has 3 nitrogen and oxygen atoms in total. The Kier molecular flexibility index (Phi) is 4.17. The zero-order valence-corrected chi connectivity index (χ0v) is 12.4. The van der Waals surface area contributed by atoms with Crippen LogP contribution in [0.15, 0.2) is 0 Å². The van der Waals surface area contributed by atoms with Crippen LogP contribution in [0.3, 0.4) is 0 Å². The van der Waals surface area contributed by atoms with Gasteiger partial charge >= 0.3 is 0 Å². The fraction of sp³-hybridized carbons (Fsp3) is 0.714. The van der Waals surface area contributed by atoms with E-state index in [1.54, 1.807) is 0 Å². The molecular weight excluding hydrogens is 244 g/mol. The molecule has 0 radical (unpaired) electrons. The minimum atomic E-state index is 0.0941. The molecule has 1 aliphatic carbocycles. The first-order valence-corrected chi connectivity index (χ1v) is 7.17. The Bertz CT molecular complexity index is 477. The maximum atomic E-state index is 5.82. The molecule has 0 amide bonds. The lowest BCUT2D eigenvalue weighted by Gasteiger charge is -2.18. The van der Waals surface area contributed by atoms with E-state index in [0.29, 0.717) is 18.4 Å². The van der Waals surface area contributed by atoms with E-state index in [-0.39, 0.29) is 6.10 Å². The molecule has 100 valence electrons. The number of hydrogen-bond donors (Lipinski definition) is 1. The number of aromatic nitrogens is 2. The summed E-state index contributed by atoms with van der Waals surface area (Å²) in [5, 5.41) is 0. The number of nitrogens with zero attached hydrogens (tertiary/aromatic N) is 1. The van der Waals surface area contributed by atoms with Crippen molar-refractivity contribution in [1.29, 1.82) is 0 Å². The second-order valence-electron chi connectivity index (χ2n) is 5.33. The highest BCUT2D eigenvalue weighted by Crippen LogP contribution is 2.42. The van der Waals surface area contributed by atoms with Crippen LogP contribution in [-0.4, -0.2) is 16.6 Å². The predicted molar refractivity (Wildman–Crippen MR) is 75.3 cm³/mol. The third kappa shape index (κ3) is 2.81. The fourth-order valence-corrected chi connectivity index (χ4v) is 2.94. The van der Waals surface area contributed by atoms with Crippen molar-refractivity contribution in [3.05, 3.63) is 21.7 Å². The van der Waals surface area contributed by atoms with Crippen LogP contribution in [0.5, 0.6) is 0 Å². The van der Waals surface area contributed by atoms with Crippen LogP contribution in [0.2, 0.25) is 0 Å². The highest BCUT2D eigenvalue weighted by molar-refractivity contribution is 7.71. The Morgan fingerprint density at radius 1 is 1.44 bits per heavy atom. The first-order valence-electron chi connectivity index (χ1n) is 6.76. The first-order chi connectivity index (χ1) is 8.54. The van der Waals surface area contributed by atoms with Crippen molar-refractivity contribution in [2.45, 2.75) is 52.6 Å². The molecule has 0 spiro atoms. The van der Waals surface area contributed by atoms with Gasteiger partial charge in [-0.3, -0.25) is 0 Å². The predicted octanol–water partition coefficient (Wildman–Crippen LogP) is 4.06. The normalized spacial score (nSPS) is 17.2. The van der Waals surface area contributed by atoms with Crippen molar-refractivity contribution in [1.82, 2.24) is 9.97 Å². The van der Waals surface area contributed by atoms with Gasteiger partial charge in [0, 0.05) is 17.9 Å². The topological polar surface area (TPSA) is 37.9 Å². The molecule has 1 aliphatic rings. The summed E-state index contributed by atoms with van der Waals surface area (Å²) in [5.41, 5.74) is 2.28. The molecule has 1 atom stereocenters. The summed E-state index contributed by atoms with van der Waals surface area (Å²) >= 11 is 5.43. The number of ether oxygens (including phenoxy) is 1. The number of H-pyrrole nitrogens is 1. The molecule has 1 heterocycles. The quantitative estimate of drug-likeness (QED) is 0.817. The summed E-state index contributed by atoms with van der Waals surface area (Å²) < 4.78 is 6.55. The summed E-state index contributed by atoms with van der Waals surface area (Å²) in [6.45, 7) is 9.11. The summed E-state index contributed by atoms with van der Waals surface area (Å²) in [4.78, 5) is 7.97. The van der Waals surface area contributed by atoms with Gasteiger partial charge in [-0.1, -0.05) is 26.1 Å². The molecule has 18 heavy (non-hydrogen) atoms. The van der Waals surface area contributed by atoms with E-state index in [9.17, 15) is 0 Å². The molecule has 0 saturated heterocycles. The minimum absolute atomic E-state index is 0.0941. The van der Waals surface area contributed by atoms with Crippen LogP contribution in [0, 0.1) is 17.5 Å². The second kappa shape index (κ2) is 5.49. The average molecular weight is 266 g/mol. The highest BCUT2D eigenvalue weighted by Gasteiger charge is 2.34. The van der Waals surface area contributed by atoms with Crippen LogP contribution >= 0.6 is 12.2 Å². The molecule has 1 unspecified atom stereocenters. The van der Waals surface area contributed by atoms with Gasteiger partial charge in [0.25, 0.3) is 0 Å². The van der Waals surface area contributed by atoms with E-state index in [1.165, 1.54) is 12.8 Å². The Morgan fingerprint density at radius 3 is 2.56 bits per heavy atom. The lowest BCUT2D eigenvalue weighted by molar-refractivity contribution is 0.0398. The number of nitrogens with one attached hydrogen (secondary N) is 1. The van der Waals surface area contributed by atoms with E-state index in [1.807, 2.05) is 6.92 Å². The summed E-state index contributed by atoms with van der Waals surface area (Å²) in [5.74, 6) is 1.93. The Labute approximate surface area is 114 Å². The van der Waals surface area contributed by atoms with Crippen molar-refractivity contribution < 1.29 is 4.74 Å². The summed E-state index contributed by atoms with van der Waals surface area (Å²) in [7, 11) is 0. The first kappa shape index (κ1) is 13.7. The van der Waals surface area contributed by atoms with Crippen LogP contribution in [-0.2, 0) is 4.74 Å². The number of rotatable bonds is 5. The van der Waals surface area contributed by atoms with E-state index in [2.05, 4.69) is 30.7 Å². The van der Waals surface area contributed by atoms with Gasteiger partial charge in [-0.15, -0.1) is 0 Å². The largest absolute Gasteiger partial charge is 0.370 e. The molecule has 0 bridgehead atoms. The molecular formula is C14H22N2OS. The van der Waals surface area contributed by atoms with Crippen LogP contribution in [0.1, 0.15) is 62.7 Å². The zero-order valence-electron chi connectivity index (χ0n) is 11.6. The van der Waals surface area contributed by atoms with Crippen molar-refractivity contribution in [2.75, 3.05) is 6.61 Å². The Morgan fingerprint density at radius 2 is 2.11 bits per heavy atom. The molecule has 1 aromatic rings. The van der Waals surface area contributed by atoms with Crippen LogP contribution in [0.4, 0.5) is 0 Å². The molecule has 1 aromatic heterocycles. The smallest absolute Gasteiger partial charge is 0.137 e. The van der Waals surface area contributed by atoms with Crippen molar-refractivity contribution in [2.24, 2.45) is 5.92 Å².